The molecule has 0 saturated heterocycles. The number of rotatable bonds is 4. The number of hydrogen-bond donors (Lipinski definition) is 1. The van der Waals surface area contributed by atoms with Gasteiger partial charge in [-0.3, -0.25) is 0 Å². The Morgan fingerprint density at radius 2 is 1.90 bits per heavy atom. The van der Waals surface area contributed by atoms with Gasteiger partial charge in [-0.25, -0.2) is 0 Å². The molecule has 1 aromatic heterocycles. The molecule has 0 bridgehead atoms. The van der Waals surface area contributed by atoms with Crippen LogP contribution in [0.25, 0.3) is 0 Å². The summed E-state index contributed by atoms with van der Waals surface area (Å²) in [6, 6.07) is 17.6. The molecular formula is C17H17N3O. The van der Waals surface area contributed by atoms with Crippen molar-refractivity contribution in [3.63, 3.8) is 0 Å². The Labute approximate surface area is 123 Å². The average molecular weight is 279 g/mol. The van der Waals surface area contributed by atoms with E-state index in [1.807, 2.05) is 36.4 Å². The van der Waals surface area contributed by atoms with Crippen LogP contribution in [0.2, 0.25) is 0 Å². The number of aromatic nitrogens is 2. The van der Waals surface area contributed by atoms with Gasteiger partial charge in [-0.2, -0.15) is 4.98 Å². The van der Waals surface area contributed by atoms with Crippen LogP contribution in [-0.4, -0.2) is 10.1 Å². The Kier molecular flexibility index (Phi) is 3.79. The number of nitrogens with zero attached hydrogens (tertiary/aromatic N) is 2. The van der Waals surface area contributed by atoms with Gasteiger partial charge < -0.3 is 10.3 Å². The molecule has 4 nitrogen and oxygen atoms in total. The molecule has 0 spiro atoms. The summed E-state index contributed by atoms with van der Waals surface area (Å²) in [5, 5.41) is 4.02. The molecule has 0 fully saturated rings. The van der Waals surface area contributed by atoms with Crippen molar-refractivity contribution in [2.24, 2.45) is 5.73 Å². The molecule has 0 amide bonds. The topological polar surface area (TPSA) is 64.9 Å². The highest BCUT2D eigenvalue weighted by Gasteiger charge is 2.16. The molecule has 2 N–H and O–H groups in total. The number of hydrogen-bond acceptors (Lipinski definition) is 4. The van der Waals surface area contributed by atoms with Crippen LogP contribution in [0, 0.1) is 6.92 Å². The van der Waals surface area contributed by atoms with Crippen molar-refractivity contribution in [3.8, 4) is 0 Å². The average Bonchev–Trinajstić information content (AvgIpc) is 2.96. The van der Waals surface area contributed by atoms with Gasteiger partial charge in [0.25, 0.3) is 0 Å². The van der Waals surface area contributed by atoms with E-state index >= 15 is 0 Å². The van der Waals surface area contributed by atoms with Crippen LogP contribution >= 0.6 is 0 Å². The van der Waals surface area contributed by atoms with Crippen LogP contribution in [0.15, 0.2) is 59.1 Å². The van der Waals surface area contributed by atoms with Crippen molar-refractivity contribution in [2.75, 3.05) is 0 Å². The van der Waals surface area contributed by atoms with Crippen LogP contribution in [0.3, 0.4) is 0 Å². The summed E-state index contributed by atoms with van der Waals surface area (Å²) >= 11 is 0. The quantitative estimate of drug-likeness (QED) is 0.797. The molecule has 21 heavy (non-hydrogen) atoms. The van der Waals surface area contributed by atoms with Crippen molar-refractivity contribution in [2.45, 2.75) is 19.4 Å². The summed E-state index contributed by atoms with van der Waals surface area (Å²) < 4.78 is 5.30. The van der Waals surface area contributed by atoms with Gasteiger partial charge in [0, 0.05) is 6.42 Å². The largest absolute Gasteiger partial charge is 0.337 e. The predicted molar refractivity (Wildman–Crippen MR) is 80.8 cm³/mol. The van der Waals surface area contributed by atoms with Crippen molar-refractivity contribution in [3.05, 3.63) is 83.0 Å². The fourth-order valence-corrected chi connectivity index (χ4v) is 2.27. The van der Waals surface area contributed by atoms with Crippen LogP contribution in [0.1, 0.15) is 34.4 Å². The maximum Gasteiger partial charge on any atom is 0.248 e. The highest BCUT2D eigenvalue weighted by atomic mass is 16.5. The van der Waals surface area contributed by atoms with Gasteiger partial charge in [0.1, 0.15) is 6.04 Å². The minimum absolute atomic E-state index is 0.384. The zero-order valence-electron chi connectivity index (χ0n) is 11.9. The third-order valence-electron chi connectivity index (χ3n) is 3.35. The second-order valence-electron chi connectivity index (χ2n) is 5.10. The highest BCUT2D eigenvalue weighted by molar-refractivity contribution is 5.26. The van der Waals surface area contributed by atoms with Crippen LogP contribution in [0.5, 0.6) is 0 Å². The highest BCUT2D eigenvalue weighted by Crippen LogP contribution is 2.18. The first-order chi connectivity index (χ1) is 10.2. The molecule has 2 aromatic carbocycles. The Morgan fingerprint density at radius 1 is 1.10 bits per heavy atom. The molecule has 1 heterocycles. The Hall–Kier alpha value is -2.46. The molecule has 0 unspecified atom stereocenters. The zero-order valence-corrected chi connectivity index (χ0v) is 11.9. The van der Waals surface area contributed by atoms with Gasteiger partial charge in [-0.1, -0.05) is 65.3 Å². The molecular weight excluding hydrogens is 262 g/mol. The lowest BCUT2D eigenvalue weighted by Crippen LogP contribution is -2.12. The van der Waals surface area contributed by atoms with Gasteiger partial charge in [0.2, 0.25) is 5.89 Å². The maximum absolute atomic E-state index is 6.15. The number of aryl methyl sites for hydroxylation is 1. The van der Waals surface area contributed by atoms with Crippen LogP contribution in [0.4, 0.5) is 0 Å². The first-order valence-corrected chi connectivity index (χ1v) is 6.91. The Balaban J connectivity index is 1.77. The number of benzene rings is 2. The minimum Gasteiger partial charge on any atom is -0.337 e. The third-order valence-corrected chi connectivity index (χ3v) is 3.35. The first-order valence-electron chi connectivity index (χ1n) is 6.91. The number of nitrogens with two attached hydrogens (primary N) is 1. The Bertz CT molecular complexity index is 722. The lowest BCUT2D eigenvalue weighted by Gasteiger charge is -2.05. The molecule has 3 aromatic rings. The lowest BCUT2D eigenvalue weighted by molar-refractivity contribution is 0.363. The summed E-state index contributed by atoms with van der Waals surface area (Å²) in [4.78, 5) is 4.41. The fraction of sp³-hybridized carbons (Fsp3) is 0.176. The van der Waals surface area contributed by atoms with E-state index in [9.17, 15) is 0 Å². The van der Waals surface area contributed by atoms with E-state index in [2.05, 4.69) is 35.3 Å². The smallest absolute Gasteiger partial charge is 0.248 e. The monoisotopic (exact) mass is 279 g/mol. The Morgan fingerprint density at radius 3 is 2.67 bits per heavy atom. The SMILES string of the molecule is Cc1cccc(Cc2noc([C@H](N)c3ccccc3)n2)c1. The summed E-state index contributed by atoms with van der Waals surface area (Å²) in [6.07, 6.45) is 0.646. The van der Waals surface area contributed by atoms with Crippen molar-refractivity contribution >= 4 is 0 Å². The molecule has 0 aliphatic rings. The van der Waals surface area contributed by atoms with Gasteiger partial charge >= 0.3 is 0 Å². The van der Waals surface area contributed by atoms with Gasteiger partial charge in [0.05, 0.1) is 0 Å². The lowest BCUT2D eigenvalue weighted by atomic mass is 10.1. The second-order valence-corrected chi connectivity index (χ2v) is 5.10. The van der Waals surface area contributed by atoms with Crippen LogP contribution in [-0.2, 0) is 6.42 Å². The van der Waals surface area contributed by atoms with Gasteiger partial charge in [0.15, 0.2) is 5.82 Å². The summed E-state index contributed by atoms with van der Waals surface area (Å²) in [7, 11) is 0. The maximum atomic E-state index is 6.15. The predicted octanol–water partition coefficient (Wildman–Crippen LogP) is 3.02. The molecule has 0 saturated carbocycles. The van der Waals surface area contributed by atoms with E-state index in [-0.39, 0.29) is 6.04 Å². The molecule has 3 rings (SSSR count). The van der Waals surface area contributed by atoms with E-state index in [1.165, 1.54) is 5.56 Å². The minimum atomic E-state index is -0.384. The second kappa shape index (κ2) is 5.89. The first kappa shape index (κ1) is 13.5. The molecule has 0 aliphatic heterocycles. The van der Waals surface area contributed by atoms with Gasteiger partial charge in [-0.15, -0.1) is 0 Å². The molecule has 0 radical (unpaired) electrons. The van der Waals surface area contributed by atoms with E-state index in [1.54, 1.807) is 0 Å². The summed E-state index contributed by atoms with van der Waals surface area (Å²) in [5.41, 5.74) is 9.49. The van der Waals surface area contributed by atoms with Crippen molar-refractivity contribution < 1.29 is 4.52 Å². The standard InChI is InChI=1S/C17H17N3O/c1-12-6-5-7-13(10-12)11-15-19-17(21-20-15)16(18)14-8-3-2-4-9-14/h2-10,16H,11,18H2,1H3/t16-/m1/s1. The van der Waals surface area contributed by atoms with E-state index < -0.39 is 0 Å². The molecule has 1 atom stereocenters. The summed E-state index contributed by atoms with van der Waals surface area (Å²) in [5.74, 6) is 1.10. The molecule has 4 heteroatoms. The van der Waals surface area contributed by atoms with E-state index in [0.717, 1.165) is 11.1 Å². The van der Waals surface area contributed by atoms with Crippen molar-refractivity contribution in [1.82, 2.24) is 10.1 Å². The zero-order chi connectivity index (χ0) is 14.7. The summed E-state index contributed by atoms with van der Waals surface area (Å²) in [6.45, 7) is 2.07. The normalized spacial score (nSPS) is 12.3. The third kappa shape index (κ3) is 3.17. The fourth-order valence-electron chi connectivity index (χ4n) is 2.27. The van der Waals surface area contributed by atoms with Crippen LogP contribution < -0.4 is 5.73 Å². The van der Waals surface area contributed by atoms with E-state index in [0.29, 0.717) is 18.1 Å². The van der Waals surface area contributed by atoms with E-state index in [4.69, 9.17) is 10.3 Å². The van der Waals surface area contributed by atoms with Crippen molar-refractivity contribution in [1.29, 1.82) is 0 Å². The molecule has 0 aliphatic carbocycles. The van der Waals surface area contributed by atoms with Gasteiger partial charge in [-0.05, 0) is 18.1 Å². The molecule has 106 valence electrons.